The molecular weight excluding hydrogens is 380 g/mol. The smallest absolute Gasteiger partial charge is 0.275 e. The lowest BCUT2D eigenvalue weighted by Crippen LogP contribution is -2.19. The maximum Gasteiger partial charge on any atom is 0.275 e. The molecule has 0 fully saturated rings. The molecule has 0 bridgehead atoms. The molecule has 0 spiro atoms. The number of anilines is 3. The number of hydrogen-bond donors (Lipinski definition) is 1. The number of amides is 1. The van der Waals surface area contributed by atoms with Crippen LogP contribution in [0.4, 0.5) is 17.2 Å². The van der Waals surface area contributed by atoms with E-state index in [0.717, 1.165) is 16.7 Å². The standard InChI is InChI=1S/C19H17BrN4O/c1-2-24(14-8-4-3-5-9-14)18-13-21-17(12-22-18)19(25)23-16-11-7-6-10-15(16)20/h3-13H,2H2,1H3,(H,23,25). The highest BCUT2D eigenvalue weighted by Crippen LogP contribution is 2.23. The van der Waals surface area contributed by atoms with E-state index in [0.29, 0.717) is 11.5 Å². The Hall–Kier alpha value is -2.73. The zero-order valence-corrected chi connectivity index (χ0v) is 15.3. The van der Waals surface area contributed by atoms with E-state index in [1.165, 1.54) is 6.20 Å². The summed E-state index contributed by atoms with van der Waals surface area (Å²) >= 11 is 3.41. The summed E-state index contributed by atoms with van der Waals surface area (Å²) in [6.07, 6.45) is 3.11. The molecule has 2 aromatic carbocycles. The highest BCUT2D eigenvalue weighted by Gasteiger charge is 2.13. The van der Waals surface area contributed by atoms with Crippen LogP contribution in [-0.4, -0.2) is 22.4 Å². The molecule has 1 amide bonds. The topological polar surface area (TPSA) is 58.1 Å². The third kappa shape index (κ3) is 4.03. The van der Waals surface area contributed by atoms with Crippen LogP contribution in [0.5, 0.6) is 0 Å². The molecule has 0 aliphatic rings. The molecule has 5 nitrogen and oxygen atoms in total. The summed E-state index contributed by atoms with van der Waals surface area (Å²) in [4.78, 5) is 23.0. The molecule has 1 aromatic heterocycles. The van der Waals surface area contributed by atoms with Crippen LogP contribution in [0, 0.1) is 0 Å². The summed E-state index contributed by atoms with van der Waals surface area (Å²) in [5.74, 6) is 0.403. The molecule has 25 heavy (non-hydrogen) atoms. The Morgan fingerprint density at radius 1 is 1.04 bits per heavy atom. The Kier molecular flexibility index (Phi) is 5.40. The lowest BCUT2D eigenvalue weighted by atomic mass is 10.3. The zero-order valence-electron chi connectivity index (χ0n) is 13.7. The Bertz CT molecular complexity index is 853. The Morgan fingerprint density at radius 3 is 2.40 bits per heavy atom. The van der Waals surface area contributed by atoms with Gasteiger partial charge in [-0.15, -0.1) is 0 Å². The fourth-order valence-electron chi connectivity index (χ4n) is 2.41. The van der Waals surface area contributed by atoms with Gasteiger partial charge in [-0.25, -0.2) is 9.97 Å². The molecular formula is C19H17BrN4O. The van der Waals surface area contributed by atoms with Gasteiger partial charge in [-0.1, -0.05) is 30.3 Å². The highest BCUT2D eigenvalue weighted by molar-refractivity contribution is 9.10. The van der Waals surface area contributed by atoms with Gasteiger partial charge in [0.05, 0.1) is 18.1 Å². The van der Waals surface area contributed by atoms with E-state index in [1.807, 2.05) is 66.4 Å². The lowest BCUT2D eigenvalue weighted by molar-refractivity contribution is 0.102. The largest absolute Gasteiger partial charge is 0.325 e. The van der Waals surface area contributed by atoms with Crippen LogP contribution in [0.1, 0.15) is 17.4 Å². The summed E-state index contributed by atoms with van der Waals surface area (Å²) in [5, 5.41) is 2.82. The number of nitrogens with one attached hydrogen (secondary N) is 1. The number of para-hydroxylation sites is 2. The molecule has 1 heterocycles. The predicted octanol–water partition coefficient (Wildman–Crippen LogP) is 4.65. The molecule has 3 rings (SSSR count). The van der Waals surface area contributed by atoms with Crippen molar-refractivity contribution in [2.24, 2.45) is 0 Å². The molecule has 0 saturated heterocycles. The second-order valence-corrected chi connectivity index (χ2v) is 6.13. The number of rotatable bonds is 5. The fraction of sp³-hybridized carbons (Fsp3) is 0.105. The highest BCUT2D eigenvalue weighted by atomic mass is 79.9. The van der Waals surface area contributed by atoms with Crippen molar-refractivity contribution in [3.05, 3.63) is 77.2 Å². The number of hydrogen-bond acceptors (Lipinski definition) is 4. The summed E-state index contributed by atoms with van der Waals surface area (Å²) < 4.78 is 0.814. The van der Waals surface area contributed by atoms with Crippen LogP contribution in [-0.2, 0) is 0 Å². The van der Waals surface area contributed by atoms with Crippen LogP contribution in [0.2, 0.25) is 0 Å². The Morgan fingerprint density at radius 2 is 1.76 bits per heavy atom. The van der Waals surface area contributed by atoms with E-state index in [4.69, 9.17) is 0 Å². The molecule has 0 unspecified atom stereocenters. The van der Waals surface area contributed by atoms with Crippen LogP contribution in [0.3, 0.4) is 0 Å². The normalized spacial score (nSPS) is 10.3. The van der Waals surface area contributed by atoms with E-state index in [-0.39, 0.29) is 11.6 Å². The zero-order chi connectivity index (χ0) is 17.6. The van der Waals surface area contributed by atoms with Crippen LogP contribution in [0.25, 0.3) is 0 Å². The quantitative estimate of drug-likeness (QED) is 0.681. The van der Waals surface area contributed by atoms with Crippen LogP contribution >= 0.6 is 15.9 Å². The first-order valence-electron chi connectivity index (χ1n) is 7.89. The predicted molar refractivity (Wildman–Crippen MR) is 103 cm³/mol. The third-order valence-corrected chi connectivity index (χ3v) is 4.35. The van der Waals surface area contributed by atoms with E-state index >= 15 is 0 Å². The van der Waals surface area contributed by atoms with Crippen molar-refractivity contribution in [3.63, 3.8) is 0 Å². The van der Waals surface area contributed by atoms with Gasteiger partial charge in [0.15, 0.2) is 5.82 Å². The SMILES string of the molecule is CCN(c1ccccc1)c1cnc(C(=O)Nc2ccccc2Br)cn1. The average molecular weight is 397 g/mol. The molecule has 0 radical (unpaired) electrons. The molecule has 0 atom stereocenters. The molecule has 3 aromatic rings. The minimum absolute atomic E-state index is 0.267. The van der Waals surface area contributed by atoms with Crippen LogP contribution < -0.4 is 10.2 Å². The summed E-state index contributed by atoms with van der Waals surface area (Å²) in [6.45, 7) is 2.80. The Balaban J connectivity index is 1.77. The first-order valence-corrected chi connectivity index (χ1v) is 8.69. The van der Waals surface area contributed by atoms with Gasteiger partial charge in [0, 0.05) is 16.7 Å². The van der Waals surface area contributed by atoms with E-state index in [2.05, 4.69) is 31.2 Å². The molecule has 0 aliphatic heterocycles. The first-order chi connectivity index (χ1) is 12.2. The minimum atomic E-state index is -0.297. The van der Waals surface area contributed by atoms with Crippen molar-refractivity contribution in [2.45, 2.75) is 6.92 Å². The minimum Gasteiger partial charge on any atom is -0.325 e. The van der Waals surface area contributed by atoms with Crippen molar-refractivity contribution in [3.8, 4) is 0 Å². The van der Waals surface area contributed by atoms with Crippen LogP contribution in [0.15, 0.2) is 71.5 Å². The van der Waals surface area contributed by atoms with Gasteiger partial charge in [0.2, 0.25) is 0 Å². The van der Waals surface area contributed by atoms with Crippen molar-refractivity contribution < 1.29 is 4.79 Å². The van der Waals surface area contributed by atoms with Gasteiger partial charge in [0.25, 0.3) is 5.91 Å². The van der Waals surface area contributed by atoms with Gasteiger partial charge in [-0.2, -0.15) is 0 Å². The van der Waals surface area contributed by atoms with Gasteiger partial charge in [-0.3, -0.25) is 4.79 Å². The third-order valence-electron chi connectivity index (χ3n) is 3.65. The molecule has 6 heteroatoms. The fourth-order valence-corrected chi connectivity index (χ4v) is 2.80. The summed E-state index contributed by atoms with van der Waals surface area (Å²) in [7, 11) is 0. The summed E-state index contributed by atoms with van der Waals surface area (Å²) in [5.41, 5.74) is 1.99. The van der Waals surface area contributed by atoms with Crippen molar-refractivity contribution in [2.75, 3.05) is 16.8 Å². The van der Waals surface area contributed by atoms with E-state index in [1.54, 1.807) is 6.20 Å². The van der Waals surface area contributed by atoms with Crippen molar-refractivity contribution >= 4 is 39.0 Å². The Labute approximate surface area is 154 Å². The van der Waals surface area contributed by atoms with Gasteiger partial charge in [-0.05, 0) is 47.1 Å². The molecule has 1 N–H and O–H groups in total. The maximum absolute atomic E-state index is 12.3. The lowest BCUT2D eigenvalue weighted by Gasteiger charge is -2.21. The second kappa shape index (κ2) is 7.90. The van der Waals surface area contributed by atoms with Gasteiger partial charge < -0.3 is 10.2 Å². The second-order valence-electron chi connectivity index (χ2n) is 5.27. The average Bonchev–Trinajstić information content (AvgIpc) is 2.66. The van der Waals surface area contributed by atoms with E-state index in [9.17, 15) is 4.79 Å². The number of carbonyl (C=O) groups is 1. The number of aromatic nitrogens is 2. The number of benzene rings is 2. The molecule has 126 valence electrons. The molecule has 0 saturated carbocycles. The van der Waals surface area contributed by atoms with Crippen molar-refractivity contribution in [1.82, 2.24) is 9.97 Å². The van der Waals surface area contributed by atoms with Gasteiger partial charge >= 0.3 is 0 Å². The van der Waals surface area contributed by atoms with Gasteiger partial charge in [0.1, 0.15) is 5.69 Å². The number of nitrogens with zero attached hydrogens (tertiary/aromatic N) is 3. The molecule has 0 aliphatic carbocycles. The summed E-state index contributed by atoms with van der Waals surface area (Å²) in [6, 6.07) is 17.4. The first kappa shape index (κ1) is 17.1. The van der Waals surface area contributed by atoms with Crippen molar-refractivity contribution in [1.29, 1.82) is 0 Å². The number of carbonyl (C=O) groups excluding carboxylic acids is 1. The number of halogens is 1. The maximum atomic E-state index is 12.3. The monoisotopic (exact) mass is 396 g/mol. The van der Waals surface area contributed by atoms with E-state index < -0.39 is 0 Å².